The van der Waals surface area contributed by atoms with Gasteiger partial charge in [0, 0.05) is 18.5 Å². The van der Waals surface area contributed by atoms with E-state index < -0.39 is 0 Å². The summed E-state index contributed by atoms with van der Waals surface area (Å²) in [4.78, 5) is 14.7. The van der Waals surface area contributed by atoms with Crippen LogP contribution in [0.2, 0.25) is 0 Å². The first-order valence-electron chi connectivity index (χ1n) is 10.4. The molecule has 1 aliphatic rings. The van der Waals surface area contributed by atoms with Crippen LogP contribution in [0.15, 0.2) is 24.3 Å². The molecule has 0 bridgehead atoms. The lowest BCUT2D eigenvalue weighted by molar-refractivity contribution is -0.122. The van der Waals surface area contributed by atoms with Crippen LogP contribution in [-0.2, 0) is 11.2 Å². The molecular formula is C22H36N2O2. The summed E-state index contributed by atoms with van der Waals surface area (Å²) in [6.07, 6.45) is 9.75. The van der Waals surface area contributed by atoms with Crippen molar-refractivity contribution in [3.05, 3.63) is 29.8 Å². The summed E-state index contributed by atoms with van der Waals surface area (Å²) in [7, 11) is 0. The Bertz CT molecular complexity index is 523. The average Bonchev–Trinajstić information content (AvgIpc) is 2.63. The first-order chi connectivity index (χ1) is 12.6. The molecule has 146 valence electrons. The maximum absolute atomic E-state index is 12.2. The Balaban J connectivity index is 1.73. The number of phenols is 1. The Morgan fingerprint density at radius 1 is 1.19 bits per heavy atom. The zero-order valence-electron chi connectivity index (χ0n) is 16.5. The molecule has 1 aromatic rings. The second-order valence-corrected chi connectivity index (χ2v) is 7.76. The smallest absolute Gasteiger partial charge is 0.220 e. The third-order valence-electron chi connectivity index (χ3n) is 5.42. The first-order valence-corrected chi connectivity index (χ1v) is 10.4. The van der Waals surface area contributed by atoms with Crippen molar-refractivity contribution >= 4 is 5.91 Å². The molecule has 2 N–H and O–H groups in total. The minimum absolute atomic E-state index is 0.222. The van der Waals surface area contributed by atoms with E-state index in [4.69, 9.17) is 0 Å². The van der Waals surface area contributed by atoms with Crippen molar-refractivity contribution < 1.29 is 9.90 Å². The highest BCUT2D eigenvalue weighted by Gasteiger charge is 2.17. The Kier molecular flexibility index (Phi) is 8.96. The topological polar surface area (TPSA) is 52.6 Å². The van der Waals surface area contributed by atoms with Crippen molar-refractivity contribution in [2.75, 3.05) is 13.1 Å². The van der Waals surface area contributed by atoms with E-state index in [2.05, 4.69) is 24.1 Å². The summed E-state index contributed by atoms with van der Waals surface area (Å²) in [5, 5.41) is 12.6. The highest BCUT2D eigenvalue weighted by atomic mass is 16.3. The van der Waals surface area contributed by atoms with Gasteiger partial charge in [-0.3, -0.25) is 4.79 Å². The van der Waals surface area contributed by atoms with Gasteiger partial charge in [0.25, 0.3) is 0 Å². The van der Waals surface area contributed by atoms with Crippen LogP contribution in [0.25, 0.3) is 0 Å². The van der Waals surface area contributed by atoms with Crippen LogP contribution in [0.5, 0.6) is 5.75 Å². The third-order valence-corrected chi connectivity index (χ3v) is 5.42. The third kappa shape index (κ3) is 7.36. The van der Waals surface area contributed by atoms with Crippen LogP contribution in [0.1, 0.15) is 70.8 Å². The van der Waals surface area contributed by atoms with Crippen LogP contribution in [0.3, 0.4) is 0 Å². The summed E-state index contributed by atoms with van der Waals surface area (Å²) in [5.74, 6) is 0.537. The highest BCUT2D eigenvalue weighted by Crippen LogP contribution is 2.18. The lowest BCUT2D eigenvalue weighted by Gasteiger charge is -2.29. The number of hydrogen-bond donors (Lipinski definition) is 2. The standard InChI is InChI=1S/C22H36N2O2/c1-3-15-24(18(2)17-19-11-13-21(25)14-12-19)16-7-10-22(26)23-20-8-5-4-6-9-20/h11-14,18,20,25H,3-10,15-17H2,1-2H3,(H,23,26). The van der Waals surface area contributed by atoms with E-state index in [1.165, 1.54) is 24.8 Å². The predicted molar refractivity (Wildman–Crippen MR) is 107 cm³/mol. The molecule has 0 radical (unpaired) electrons. The second-order valence-electron chi connectivity index (χ2n) is 7.76. The van der Waals surface area contributed by atoms with Crippen molar-refractivity contribution in [3.63, 3.8) is 0 Å². The Morgan fingerprint density at radius 2 is 1.88 bits per heavy atom. The molecule has 1 amide bonds. The number of hydrogen-bond acceptors (Lipinski definition) is 3. The van der Waals surface area contributed by atoms with Crippen LogP contribution < -0.4 is 5.32 Å². The Labute approximate surface area is 159 Å². The minimum atomic E-state index is 0.222. The molecule has 0 aliphatic heterocycles. The van der Waals surface area contributed by atoms with Gasteiger partial charge in [-0.05, 0) is 69.8 Å². The average molecular weight is 361 g/mol. The van der Waals surface area contributed by atoms with Gasteiger partial charge in [0.1, 0.15) is 5.75 Å². The number of rotatable bonds is 10. The van der Waals surface area contributed by atoms with Crippen LogP contribution in [0, 0.1) is 0 Å². The van der Waals surface area contributed by atoms with Gasteiger partial charge in [-0.25, -0.2) is 0 Å². The molecule has 1 saturated carbocycles. The van der Waals surface area contributed by atoms with E-state index >= 15 is 0 Å². The lowest BCUT2D eigenvalue weighted by atomic mass is 9.95. The fourth-order valence-electron chi connectivity index (χ4n) is 3.93. The molecule has 4 heteroatoms. The molecule has 4 nitrogen and oxygen atoms in total. The number of benzene rings is 1. The van der Waals surface area contributed by atoms with E-state index in [1.54, 1.807) is 12.1 Å². The van der Waals surface area contributed by atoms with Gasteiger partial charge in [0.15, 0.2) is 0 Å². The fourth-order valence-corrected chi connectivity index (χ4v) is 3.93. The largest absolute Gasteiger partial charge is 0.508 e. The predicted octanol–water partition coefficient (Wildman–Crippen LogP) is 4.26. The van der Waals surface area contributed by atoms with Gasteiger partial charge in [-0.15, -0.1) is 0 Å². The molecule has 2 rings (SSSR count). The molecule has 1 aliphatic carbocycles. The van der Waals surface area contributed by atoms with Gasteiger partial charge in [0.2, 0.25) is 5.91 Å². The number of carbonyl (C=O) groups is 1. The van der Waals surface area contributed by atoms with Crippen molar-refractivity contribution in [2.45, 2.75) is 83.7 Å². The Morgan fingerprint density at radius 3 is 2.54 bits per heavy atom. The van der Waals surface area contributed by atoms with Crippen LogP contribution in [0.4, 0.5) is 0 Å². The molecule has 0 aromatic heterocycles. The lowest BCUT2D eigenvalue weighted by Crippen LogP contribution is -2.38. The van der Waals surface area contributed by atoms with Crippen molar-refractivity contribution in [3.8, 4) is 5.75 Å². The van der Waals surface area contributed by atoms with Crippen molar-refractivity contribution in [1.82, 2.24) is 10.2 Å². The number of nitrogens with zero attached hydrogens (tertiary/aromatic N) is 1. The van der Waals surface area contributed by atoms with Gasteiger partial charge >= 0.3 is 0 Å². The zero-order valence-corrected chi connectivity index (χ0v) is 16.5. The van der Waals surface area contributed by atoms with E-state index in [0.717, 1.165) is 45.2 Å². The summed E-state index contributed by atoms with van der Waals surface area (Å²) in [6, 6.07) is 8.34. The molecule has 0 heterocycles. The molecule has 1 aromatic carbocycles. The van der Waals surface area contributed by atoms with E-state index in [9.17, 15) is 9.90 Å². The van der Waals surface area contributed by atoms with Crippen LogP contribution in [-0.4, -0.2) is 41.1 Å². The molecular weight excluding hydrogens is 324 g/mol. The summed E-state index contributed by atoms with van der Waals surface area (Å²) >= 11 is 0. The van der Waals surface area contributed by atoms with Gasteiger partial charge in [-0.1, -0.05) is 38.3 Å². The second kappa shape index (κ2) is 11.2. The Hall–Kier alpha value is -1.55. The molecule has 1 atom stereocenters. The van der Waals surface area contributed by atoms with E-state index in [-0.39, 0.29) is 5.91 Å². The molecule has 0 spiro atoms. The van der Waals surface area contributed by atoms with Gasteiger partial charge in [0.05, 0.1) is 0 Å². The highest BCUT2D eigenvalue weighted by molar-refractivity contribution is 5.76. The number of nitrogens with one attached hydrogen (secondary N) is 1. The monoisotopic (exact) mass is 360 g/mol. The molecule has 26 heavy (non-hydrogen) atoms. The van der Waals surface area contributed by atoms with E-state index in [1.807, 2.05) is 12.1 Å². The summed E-state index contributed by atoms with van der Waals surface area (Å²) in [5.41, 5.74) is 1.24. The van der Waals surface area contributed by atoms with E-state index in [0.29, 0.717) is 24.3 Å². The quantitative estimate of drug-likeness (QED) is 0.655. The molecule has 0 saturated heterocycles. The van der Waals surface area contributed by atoms with Crippen molar-refractivity contribution in [2.24, 2.45) is 0 Å². The number of amides is 1. The van der Waals surface area contributed by atoms with Gasteiger partial charge in [-0.2, -0.15) is 0 Å². The number of aromatic hydroxyl groups is 1. The minimum Gasteiger partial charge on any atom is -0.508 e. The SMILES string of the molecule is CCCN(CCCC(=O)NC1CCCCC1)C(C)Cc1ccc(O)cc1. The zero-order chi connectivity index (χ0) is 18.8. The normalized spacial score (nSPS) is 16.6. The maximum atomic E-state index is 12.2. The number of carbonyl (C=O) groups excluding carboxylic acids is 1. The maximum Gasteiger partial charge on any atom is 0.220 e. The molecule has 1 fully saturated rings. The summed E-state index contributed by atoms with van der Waals surface area (Å²) < 4.78 is 0. The van der Waals surface area contributed by atoms with Crippen LogP contribution >= 0.6 is 0 Å². The summed E-state index contributed by atoms with van der Waals surface area (Å²) in [6.45, 7) is 6.48. The molecule has 1 unspecified atom stereocenters. The fraction of sp³-hybridized carbons (Fsp3) is 0.682. The number of phenolic OH excluding ortho intramolecular Hbond substituents is 1. The van der Waals surface area contributed by atoms with Crippen molar-refractivity contribution in [1.29, 1.82) is 0 Å². The first kappa shape index (κ1) is 20.8. The van der Waals surface area contributed by atoms with Gasteiger partial charge < -0.3 is 15.3 Å².